The van der Waals surface area contributed by atoms with Crippen LogP contribution < -0.4 is 5.73 Å². The highest BCUT2D eigenvalue weighted by atomic mass is 32.1. The van der Waals surface area contributed by atoms with Crippen LogP contribution in [-0.4, -0.2) is 9.97 Å². The highest BCUT2D eigenvalue weighted by Crippen LogP contribution is 2.08. The van der Waals surface area contributed by atoms with Crippen molar-refractivity contribution < 1.29 is 0 Å². The van der Waals surface area contributed by atoms with E-state index >= 15 is 0 Å². The standard InChI is InChI=1S/C6H6N4S/c1-3-4(2-7)5(8)10-6(11)9-3/h1H3,(H3,8,9,10,11). The molecule has 0 saturated heterocycles. The van der Waals surface area contributed by atoms with Crippen LogP contribution in [-0.2, 0) is 0 Å². The number of nitrogens with zero attached hydrogens (tertiary/aromatic N) is 2. The second-order valence-electron chi connectivity index (χ2n) is 2.04. The highest BCUT2D eigenvalue weighted by molar-refractivity contribution is 7.71. The molecule has 1 rings (SSSR count). The van der Waals surface area contributed by atoms with Gasteiger partial charge < -0.3 is 10.7 Å². The van der Waals surface area contributed by atoms with E-state index in [2.05, 4.69) is 9.97 Å². The lowest BCUT2D eigenvalue weighted by Crippen LogP contribution is -2.00. The number of anilines is 1. The number of nitrogens with two attached hydrogens (primary N) is 1. The zero-order valence-corrected chi connectivity index (χ0v) is 6.70. The average Bonchev–Trinajstić information content (AvgIpc) is 1.85. The van der Waals surface area contributed by atoms with Gasteiger partial charge in [0.2, 0.25) is 0 Å². The van der Waals surface area contributed by atoms with E-state index in [0.29, 0.717) is 16.0 Å². The van der Waals surface area contributed by atoms with Gasteiger partial charge in [0.25, 0.3) is 0 Å². The Morgan fingerprint density at radius 2 is 2.36 bits per heavy atom. The summed E-state index contributed by atoms with van der Waals surface area (Å²) in [5, 5.41) is 8.57. The molecule has 0 radical (unpaired) electrons. The van der Waals surface area contributed by atoms with Gasteiger partial charge in [-0.2, -0.15) is 5.26 Å². The first-order chi connectivity index (χ1) is 5.15. The van der Waals surface area contributed by atoms with Gasteiger partial charge in [-0.05, 0) is 19.1 Å². The van der Waals surface area contributed by atoms with Crippen LogP contribution >= 0.6 is 12.2 Å². The van der Waals surface area contributed by atoms with Crippen molar-refractivity contribution in [2.45, 2.75) is 6.92 Å². The maximum absolute atomic E-state index is 8.57. The molecule has 0 aliphatic rings. The predicted octanol–water partition coefficient (Wildman–Crippen LogP) is 0.901. The molecule has 0 saturated carbocycles. The van der Waals surface area contributed by atoms with Crippen LogP contribution in [0, 0.1) is 23.0 Å². The summed E-state index contributed by atoms with van der Waals surface area (Å²) in [5.41, 5.74) is 6.43. The number of nitrogens with one attached hydrogen (secondary N) is 1. The predicted molar refractivity (Wildman–Crippen MR) is 43.3 cm³/mol. The van der Waals surface area contributed by atoms with Crippen LogP contribution in [0.2, 0.25) is 0 Å². The van der Waals surface area contributed by atoms with Crippen molar-refractivity contribution in [3.05, 3.63) is 16.0 Å². The van der Waals surface area contributed by atoms with Crippen molar-refractivity contribution >= 4 is 18.0 Å². The number of aryl methyl sites for hydroxylation is 1. The van der Waals surface area contributed by atoms with Gasteiger partial charge in [0.15, 0.2) is 4.77 Å². The van der Waals surface area contributed by atoms with Crippen molar-refractivity contribution in [3.8, 4) is 6.07 Å². The first-order valence-electron chi connectivity index (χ1n) is 2.91. The fourth-order valence-corrected chi connectivity index (χ4v) is 1.00. The molecule has 56 valence electrons. The summed E-state index contributed by atoms with van der Waals surface area (Å²) in [6, 6.07) is 1.93. The quantitative estimate of drug-likeness (QED) is 0.561. The van der Waals surface area contributed by atoms with Gasteiger partial charge in [-0.1, -0.05) is 0 Å². The second kappa shape index (κ2) is 2.68. The third-order valence-electron chi connectivity index (χ3n) is 1.26. The SMILES string of the molecule is Cc1[nH]c(=S)nc(N)c1C#N. The summed E-state index contributed by atoms with van der Waals surface area (Å²) in [7, 11) is 0. The molecular weight excluding hydrogens is 160 g/mol. The molecule has 0 aliphatic carbocycles. The van der Waals surface area contributed by atoms with Crippen molar-refractivity contribution in [1.29, 1.82) is 5.26 Å². The summed E-state index contributed by atoms with van der Waals surface area (Å²) in [4.78, 5) is 6.45. The summed E-state index contributed by atoms with van der Waals surface area (Å²) >= 11 is 4.74. The van der Waals surface area contributed by atoms with Gasteiger partial charge >= 0.3 is 0 Å². The molecule has 5 heteroatoms. The number of nitrogen functional groups attached to an aromatic ring is 1. The fraction of sp³-hybridized carbons (Fsp3) is 0.167. The van der Waals surface area contributed by atoms with Gasteiger partial charge in [0, 0.05) is 5.69 Å². The molecule has 0 aliphatic heterocycles. The normalized spacial score (nSPS) is 9.09. The van der Waals surface area contributed by atoms with Crippen LogP contribution in [0.5, 0.6) is 0 Å². The Bertz CT molecular complexity index is 347. The minimum Gasteiger partial charge on any atom is -0.382 e. The van der Waals surface area contributed by atoms with E-state index in [0.717, 1.165) is 0 Å². The summed E-state index contributed by atoms with van der Waals surface area (Å²) in [6.07, 6.45) is 0. The summed E-state index contributed by atoms with van der Waals surface area (Å²) in [6.45, 7) is 1.73. The van der Waals surface area contributed by atoms with Crippen molar-refractivity contribution in [3.63, 3.8) is 0 Å². The Balaban J connectivity index is 3.52. The second-order valence-corrected chi connectivity index (χ2v) is 2.43. The molecule has 3 N–H and O–H groups in total. The average molecular weight is 166 g/mol. The van der Waals surface area contributed by atoms with E-state index in [-0.39, 0.29) is 5.82 Å². The van der Waals surface area contributed by atoms with Crippen molar-refractivity contribution in [2.24, 2.45) is 0 Å². The Morgan fingerprint density at radius 3 is 2.82 bits per heavy atom. The van der Waals surface area contributed by atoms with Crippen LogP contribution in [0.4, 0.5) is 5.82 Å². The Labute approximate surface area is 68.7 Å². The zero-order chi connectivity index (χ0) is 8.43. The topological polar surface area (TPSA) is 78.5 Å². The lowest BCUT2D eigenvalue weighted by Gasteiger charge is -1.98. The third-order valence-corrected chi connectivity index (χ3v) is 1.45. The number of hydrogen-bond acceptors (Lipinski definition) is 4. The molecule has 0 aromatic carbocycles. The van der Waals surface area contributed by atoms with E-state index in [9.17, 15) is 0 Å². The summed E-state index contributed by atoms with van der Waals surface area (Å²) in [5.74, 6) is 0.189. The Morgan fingerprint density at radius 1 is 1.73 bits per heavy atom. The van der Waals surface area contributed by atoms with Gasteiger partial charge in [0.1, 0.15) is 17.5 Å². The first kappa shape index (κ1) is 7.69. The van der Waals surface area contributed by atoms with E-state index < -0.39 is 0 Å². The van der Waals surface area contributed by atoms with Crippen LogP contribution in [0.3, 0.4) is 0 Å². The van der Waals surface area contributed by atoms with Crippen molar-refractivity contribution in [2.75, 3.05) is 5.73 Å². The van der Waals surface area contributed by atoms with Crippen LogP contribution in [0.15, 0.2) is 0 Å². The van der Waals surface area contributed by atoms with Crippen molar-refractivity contribution in [1.82, 2.24) is 9.97 Å². The highest BCUT2D eigenvalue weighted by Gasteiger charge is 2.02. The van der Waals surface area contributed by atoms with E-state index in [1.54, 1.807) is 6.92 Å². The van der Waals surface area contributed by atoms with Crippen LogP contribution in [0.25, 0.3) is 0 Å². The maximum atomic E-state index is 8.57. The number of rotatable bonds is 0. The summed E-state index contributed by atoms with van der Waals surface area (Å²) < 4.78 is 0.305. The first-order valence-corrected chi connectivity index (χ1v) is 3.32. The van der Waals surface area contributed by atoms with E-state index in [1.807, 2.05) is 6.07 Å². The molecule has 0 spiro atoms. The maximum Gasteiger partial charge on any atom is 0.199 e. The monoisotopic (exact) mass is 166 g/mol. The molecule has 0 unspecified atom stereocenters. The van der Waals surface area contributed by atoms with Crippen LogP contribution in [0.1, 0.15) is 11.3 Å². The number of aromatic nitrogens is 2. The Kier molecular flexibility index (Phi) is 1.87. The van der Waals surface area contributed by atoms with E-state index in [1.165, 1.54) is 0 Å². The minimum absolute atomic E-state index is 0.189. The molecule has 1 heterocycles. The van der Waals surface area contributed by atoms with Gasteiger partial charge in [-0.3, -0.25) is 0 Å². The minimum atomic E-state index is 0.189. The number of hydrogen-bond donors (Lipinski definition) is 2. The molecule has 1 aromatic rings. The molecule has 0 fully saturated rings. The lowest BCUT2D eigenvalue weighted by molar-refractivity contribution is 1.07. The van der Waals surface area contributed by atoms with Gasteiger partial charge in [-0.25, -0.2) is 4.98 Å². The molecule has 0 amide bonds. The Hall–Kier alpha value is -1.41. The molecule has 4 nitrogen and oxygen atoms in total. The lowest BCUT2D eigenvalue weighted by atomic mass is 10.2. The molecule has 0 atom stereocenters. The fourth-order valence-electron chi connectivity index (χ4n) is 0.749. The molecular formula is C6H6N4S. The number of aromatic amines is 1. The van der Waals surface area contributed by atoms with Gasteiger partial charge in [-0.15, -0.1) is 0 Å². The number of nitriles is 1. The molecule has 0 bridgehead atoms. The largest absolute Gasteiger partial charge is 0.382 e. The molecule has 1 aromatic heterocycles. The molecule has 11 heavy (non-hydrogen) atoms. The number of H-pyrrole nitrogens is 1. The van der Waals surface area contributed by atoms with Gasteiger partial charge in [0.05, 0.1) is 0 Å². The third kappa shape index (κ3) is 1.36. The zero-order valence-electron chi connectivity index (χ0n) is 5.88. The smallest absolute Gasteiger partial charge is 0.199 e. The van der Waals surface area contributed by atoms with E-state index in [4.69, 9.17) is 23.2 Å².